The summed E-state index contributed by atoms with van der Waals surface area (Å²) in [5.41, 5.74) is -0.998. The Morgan fingerprint density at radius 3 is 2.79 bits per heavy atom. The van der Waals surface area contributed by atoms with Gasteiger partial charge >= 0.3 is 11.7 Å². The molecule has 0 amide bonds. The molecule has 7 nitrogen and oxygen atoms in total. The Bertz CT molecular complexity index is 1100. The van der Waals surface area contributed by atoms with Gasteiger partial charge in [-0.2, -0.15) is 0 Å². The number of carbonyl (C=O) groups excluding carboxylic acids is 2. The minimum Gasteiger partial charge on any atom is -0.465 e. The summed E-state index contributed by atoms with van der Waals surface area (Å²) >= 11 is 6.96. The van der Waals surface area contributed by atoms with Crippen LogP contribution in [0.25, 0.3) is 16.6 Å². The molecule has 0 unspecified atom stereocenters. The maximum Gasteiger partial charge on any atom is 0.348 e. The van der Waals surface area contributed by atoms with Crippen LogP contribution in [0.3, 0.4) is 0 Å². The first-order valence-electron chi connectivity index (χ1n) is 6.59. The molecule has 0 aliphatic heterocycles. The summed E-state index contributed by atoms with van der Waals surface area (Å²) in [6.45, 7) is 0. The van der Waals surface area contributed by atoms with Crippen molar-refractivity contribution in [2.24, 2.45) is 0 Å². The molecule has 0 aliphatic rings. The number of benzene rings is 1. The number of aldehydes is 1. The summed E-state index contributed by atoms with van der Waals surface area (Å²) in [4.78, 5) is 50.5. The van der Waals surface area contributed by atoms with Gasteiger partial charge in [0.1, 0.15) is 9.21 Å². The molecule has 0 atom stereocenters. The molecule has 0 aliphatic carbocycles. The number of aromatic nitrogens is 2. The van der Waals surface area contributed by atoms with Gasteiger partial charge in [-0.3, -0.25) is 9.59 Å². The summed E-state index contributed by atoms with van der Waals surface area (Å²) in [5, 5.41) is 0.0639. The SMILES string of the molecule is COC(=O)c1cc(-n2c(=O)[nH]c3cccc(C=O)c3c2=O)c(Cl)s1. The fourth-order valence-electron chi connectivity index (χ4n) is 2.32. The van der Waals surface area contributed by atoms with Crippen LogP contribution in [-0.4, -0.2) is 28.9 Å². The maximum absolute atomic E-state index is 12.7. The molecular formula is C15H9ClN2O5S. The van der Waals surface area contributed by atoms with E-state index in [4.69, 9.17) is 11.6 Å². The second-order valence-corrected chi connectivity index (χ2v) is 6.37. The molecule has 0 saturated carbocycles. The van der Waals surface area contributed by atoms with Gasteiger partial charge in [0, 0.05) is 5.56 Å². The van der Waals surface area contributed by atoms with E-state index < -0.39 is 17.2 Å². The van der Waals surface area contributed by atoms with E-state index >= 15 is 0 Å². The molecule has 2 heterocycles. The van der Waals surface area contributed by atoms with E-state index in [2.05, 4.69) is 9.72 Å². The second-order valence-electron chi connectivity index (χ2n) is 4.72. The van der Waals surface area contributed by atoms with Crippen LogP contribution >= 0.6 is 22.9 Å². The number of ether oxygens (including phenoxy) is 1. The van der Waals surface area contributed by atoms with E-state index in [0.29, 0.717) is 6.29 Å². The van der Waals surface area contributed by atoms with E-state index in [-0.39, 0.29) is 31.4 Å². The molecule has 24 heavy (non-hydrogen) atoms. The number of halogens is 1. The standard InChI is InChI=1S/C15H9ClN2O5S/c1-23-14(21)10-5-9(12(16)24-10)18-13(20)11-7(6-19)3-2-4-8(11)17-15(18)22/h2-6H,1H3,(H,17,22). The summed E-state index contributed by atoms with van der Waals surface area (Å²) in [6, 6.07) is 5.84. The first kappa shape index (κ1) is 16.2. The molecule has 0 radical (unpaired) electrons. The lowest BCUT2D eigenvalue weighted by atomic mass is 10.1. The van der Waals surface area contributed by atoms with E-state index in [1.54, 1.807) is 6.07 Å². The monoisotopic (exact) mass is 364 g/mol. The highest BCUT2D eigenvalue weighted by Gasteiger charge is 2.19. The van der Waals surface area contributed by atoms with Crippen LogP contribution < -0.4 is 11.2 Å². The third-order valence-electron chi connectivity index (χ3n) is 3.38. The lowest BCUT2D eigenvalue weighted by Crippen LogP contribution is -2.34. The number of thiophene rings is 1. The molecule has 1 N–H and O–H groups in total. The fraction of sp³-hybridized carbons (Fsp3) is 0.0667. The van der Waals surface area contributed by atoms with Gasteiger partial charge in [0.25, 0.3) is 5.56 Å². The van der Waals surface area contributed by atoms with Gasteiger partial charge in [-0.15, -0.1) is 11.3 Å². The Balaban J connectivity index is 2.38. The number of H-pyrrole nitrogens is 1. The summed E-state index contributed by atoms with van der Waals surface area (Å²) in [5.74, 6) is -0.632. The normalized spacial score (nSPS) is 10.8. The molecule has 1 aromatic carbocycles. The topological polar surface area (TPSA) is 98.2 Å². The number of fused-ring (bicyclic) bond motifs is 1. The van der Waals surface area contributed by atoms with Crippen LogP contribution in [0.15, 0.2) is 33.9 Å². The molecule has 122 valence electrons. The van der Waals surface area contributed by atoms with Gasteiger partial charge in [-0.05, 0) is 12.1 Å². The number of esters is 1. The van der Waals surface area contributed by atoms with E-state index in [1.165, 1.54) is 25.3 Å². The summed E-state index contributed by atoms with van der Waals surface area (Å²) in [6.07, 6.45) is 0.529. The third kappa shape index (κ3) is 2.45. The van der Waals surface area contributed by atoms with Crippen molar-refractivity contribution in [2.75, 3.05) is 7.11 Å². The van der Waals surface area contributed by atoms with Crippen molar-refractivity contribution in [3.63, 3.8) is 0 Å². The van der Waals surface area contributed by atoms with Crippen molar-refractivity contribution >= 4 is 46.1 Å². The molecule has 0 fully saturated rings. The average Bonchev–Trinajstić information content (AvgIpc) is 2.95. The molecule has 9 heteroatoms. The van der Waals surface area contributed by atoms with Crippen LogP contribution in [0.1, 0.15) is 20.0 Å². The number of nitrogens with one attached hydrogen (secondary N) is 1. The molecule has 2 aromatic heterocycles. The maximum atomic E-state index is 12.7. The van der Waals surface area contributed by atoms with E-state index in [9.17, 15) is 19.2 Å². The Morgan fingerprint density at radius 2 is 2.12 bits per heavy atom. The predicted octanol–water partition coefficient (Wildman–Crippen LogP) is 1.99. The largest absolute Gasteiger partial charge is 0.465 e. The highest BCUT2D eigenvalue weighted by molar-refractivity contribution is 7.18. The smallest absolute Gasteiger partial charge is 0.348 e. The quantitative estimate of drug-likeness (QED) is 0.566. The Labute approximate surface area is 143 Å². The van der Waals surface area contributed by atoms with Gasteiger partial charge in [-0.1, -0.05) is 23.7 Å². The van der Waals surface area contributed by atoms with E-state index in [0.717, 1.165) is 15.9 Å². The lowest BCUT2D eigenvalue weighted by molar-refractivity contribution is 0.0606. The number of carbonyl (C=O) groups is 2. The van der Waals surface area contributed by atoms with Crippen LogP contribution in [0, 0.1) is 0 Å². The van der Waals surface area contributed by atoms with Gasteiger partial charge < -0.3 is 9.72 Å². The molecule has 3 aromatic rings. The Hall–Kier alpha value is -2.71. The van der Waals surface area contributed by atoms with Crippen molar-refractivity contribution in [1.29, 1.82) is 0 Å². The number of nitrogens with zero attached hydrogens (tertiary/aromatic N) is 1. The fourth-order valence-corrected chi connectivity index (χ4v) is 3.49. The highest BCUT2D eigenvalue weighted by Crippen LogP contribution is 2.30. The molecule has 0 bridgehead atoms. The third-order valence-corrected chi connectivity index (χ3v) is 4.70. The van der Waals surface area contributed by atoms with Crippen LogP contribution in [0.2, 0.25) is 4.34 Å². The van der Waals surface area contributed by atoms with E-state index in [1.807, 2.05) is 0 Å². The molecule has 0 saturated heterocycles. The van der Waals surface area contributed by atoms with Crippen molar-refractivity contribution in [3.05, 3.63) is 59.9 Å². The molecule has 0 spiro atoms. The number of rotatable bonds is 3. The first-order chi connectivity index (χ1) is 11.5. The average molecular weight is 365 g/mol. The van der Waals surface area contributed by atoms with Crippen molar-refractivity contribution < 1.29 is 14.3 Å². The van der Waals surface area contributed by atoms with Crippen molar-refractivity contribution in [3.8, 4) is 5.69 Å². The Morgan fingerprint density at radius 1 is 1.38 bits per heavy atom. The van der Waals surface area contributed by atoms with Crippen molar-refractivity contribution in [2.45, 2.75) is 0 Å². The summed E-state index contributed by atoms with van der Waals surface area (Å²) in [7, 11) is 1.21. The number of hydrogen-bond acceptors (Lipinski definition) is 6. The van der Waals surface area contributed by atoms with Crippen LogP contribution in [-0.2, 0) is 4.74 Å². The predicted molar refractivity (Wildman–Crippen MR) is 89.8 cm³/mol. The first-order valence-corrected chi connectivity index (χ1v) is 7.78. The minimum absolute atomic E-state index is 0.0518. The Kier molecular flexibility index (Phi) is 4.08. The zero-order valence-electron chi connectivity index (χ0n) is 12.2. The molecular weight excluding hydrogens is 356 g/mol. The number of hydrogen-bond donors (Lipinski definition) is 1. The zero-order chi connectivity index (χ0) is 17.4. The van der Waals surface area contributed by atoms with Crippen LogP contribution in [0.4, 0.5) is 0 Å². The van der Waals surface area contributed by atoms with Crippen LogP contribution in [0.5, 0.6) is 0 Å². The lowest BCUT2D eigenvalue weighted by Gasteiger charge is -2.06. The van der Waals surface area contributed by atoms with Gasteiger partial charge in [0.2, 0.25) is 0 Å². The van der Waals surface area contributed by atoms with Gasteiger partial charge in [0.05, 0.1) is 23.7 Å². The minimum atomic E-state index is -0.730. The second kappa shape index (κ2) is 6.06. The summed E-state index contributed by atoms with van der Waals surface area (Å²) < 4.78 is 5.47. The number of aromatic amines is 1. The molecule has 3 rings (SSSR count). The van der Waals surface area contributed by atoms with Gasteiger partial charge in [-0.25, -0.2) is 14.2 Å². The highest BCUT2D eigenvalue weighted by atomic mass is 35.5. The zero-order valence-corrected chi connectivity index (χ0v) is 13.7. The van der Waals surface area contributed by atoms with Gasteiger partial charge in [0.15, 0.2) is 6.29 Å². The van der Waals surface area contributed by atoms with Crippen molar-refractivity contribution in [1.82, 2.24) is 9.55 Å². The number of methoxy groups -OCH3 is 1.